The van der Waals surface area contributed by atoms with Crippen molar-refractivity contribution in [2.24, 2.45) is 0 Å². The fraction of sp³-hybridized carbons (Fsp3) is 0.348. The van der Waals surface area contributed by atoms with Crippen molar-refractivity contribution in [3.63, 3.8) is 0 Å². The van der Waals surface area contributed by atoms with Crippen molar-refractivity contribution in [1.82, 2.24) is 24.8 Å². The third kappa shape index (κ3) is 5.17. The Labute approximate surface area is 177 Å². The topological polar surface area (TPSA) is 76.9 Å². The van der Waals surface area contributed by atoms with E-state index < -0.39 is 0 Å². The Bertz CT molecular complexity index is 981. The molecule has 0 aliphatic carbocycles. The van der Waals surface area contributed by atoms with Crippen LogP contribution in [-0.4, -0.2) is 37.7 Å². The van der Waals surface area contributed by atoms with E-state index in [9.17, 15) is 0 Å². The molecule has 1 aromatic carbocycles. The van der Waals surface area contributed by atoms with Crippen LogP contribution in [-0.2, 0) is 6.54 Å². The normalized spacial score (nSPS) is 17.9. The molecule has 0 spiro atoms. The average molecular weight is 405 g/mol. The van der Waals surface area contributed by atoms with E-state index in [2.05, 4.69) is 41.0 Å². The third-order valence-electron chi connectivity index (χ3n) is 5.08. The first kappa shape index (κ1) is 19.9. The van der Waals surface area contributed by atoms with Gasteiger partial charge in [0.2, 0.25) is 5.95 Å². The van der Waals surface area contributed by atoms with E-state index in [1.165, 1.54) is 0 Å². The van der Waals surface area contributed by atoms with E-state index in [1.807, 2.05) is 41.1 Å². The van der Waals surface area contributed by atoms with Crippen LogP contribution in [0.1, 0.15) is 26.7 Å². The fourth-order valence-electron chi connectivity index (χ4n) is 3.85. The van der Waals surface area contributed by atoms with Gasteiger partial charge in [-0.25, -0.2) is 15.0 Å². The molecule has 1 aliphatic rings. The van der Waals surface area contributed by atoms with Crippen LogP contribution >= 0.6 is 0 Å². The standard InChI is InChI=1S/C23H28N6O/c1-17-14-19(15-23(2,3)28-17)26-22-25-9-8-21(27-22)18-4-6-20(7-5-18)30-13-12-29-11-10-24-16-29/h4-11,16,19,28H,1,12-15H2,2-3H3,(H,25,26,27). The number of hydrogen-bond donors (Lipinski definition) is 2. The van der Waals surface area contributed by atoms with Crippen molar-refractivity contribution in [3.05, 3.63) is 67.5 Å². The summed E-state index contributed by atoms with van der Waals surface area (Å²) in [6.07, 6.45) is 9.11. The maximum absolute atomic E-state index is 5.82. The Morgan fingerprint density at radius 2 is 2.07 bits per heavy atom. The largest absolute Gasteiger partial charge is 0.492 e. The number of aromatic nitrogens is 4. The summed E-state index contributed by atoms with van der Waals surface area (Å²) in [6.45, 7) is 9.83. The number of imidazole rings is 1. The third-order valence-corrected chi connectivity index (χ3v) is 5.08. The maximum Gasteiger partial charge on any atom is 0.223 e. The van der Waals surface area contributed by atoms with E-state index in [-0.39, 0.29) is 11.6 Å². The maximum atomic E-state index is 5.82. The zero-order valence-electron chi connectivity index (χ0n) is 17.5. The molecule has 1 saturated heterocycles. The smallest absolute Gasteiger partial charge is 0.223 e. The first-order valence-corrected chi connectivity index (χ1v) is 10.2. The molecule has 3 heterocycles. The Balaban J connectivity index is 1.37. The zero-order chi connectivity index (χ0) is 21.0. The number of rotatable bonds is 7. The number of ether oxygens (including phenoxy) is 1. The zero-order valence-corrected chi connectivity index (χ0v) is 17.5. The fourth-order valence-corrected chi connectivity index (χ4v) is 3.85. The Hall–Kier alpha value is -3.35. The molecule has 30 heavy (non-hydrogen) atoms. The number of nitrogens with zero attached hydrogens (tertiary/aromatic N) is 4. The van der Waals surface area contributed by atoms with Crippen LogP contribution in [0.3, 0.4) is 0 Å². The van der Waals surface area contributed by atoms with Gasteiger partial charge in [0.25, 0.3) is 0 Å². The van der Waals surface area contributed by atoms with Crippen LogP contribution in [0.25, 0.3) is 11.3 Å². The minimum atomic E-state index is 0.0122. The molecule has 4 rings (SSSR count). The van der Waals surface area contributed by atoms with Crippen LogP contribution < -0.4 is 15.4 Å². The molecule has 0 bridgehead atoms. The van der Waals surface area contributed by atoms with Gasteiger partial charge in [0.15, 0.2) is 0 Å². The minimum Gasteiger partial charge on any atom is -0.492 e. The van der Waals surface area contributed by atoms with Gasteiger partial charge in [0.1, 0.15) is 12.4 Å². The van der Waals surface area contributed by atoms with Crippen LogP contribution in [0, 0.1) is 0 Å². The first-order valence-electron chi connectivity index (χ1n) is 10.2. The second kappa shape index (κ2) is 8.57. The summed E-state index contributed by atoms with van der Waals surface area (Å²) in [6, 6.07) is 10.2. The molecule has 7 nitrogen and oxygen atoms in total. The van der Waals surface area contributed by atoms with Crippen LogP contribution in [0.4, 0.5) is 5.95 Å². The van der Waals surface area contributed by atoms with Crippen LogP contribution in [0.5, 0.6) is 5.75 Å². The highest BCUT2D eigenvalue weighted by atomic mass is 16.5. The lowest BCUT2D eigenvalue weighted by Gasteiger charge is -2.38. The summed E-state index contributed by atoms with van der Waals surface area (Å²) in [5.41, 5.74) is 2.96. The molecule has 0 saturated carbocycles. The van der Waals surface area contributed by atoms with E-state index in [0.29, 0.717) is 12.6 Å². The molecule has 1 aliphatic heterocycles. The molecule has 0 radical (unpaired) electrons. The summed E-state index contributed by atoms with van der Waals surface area (Å²) >= 11 is 0. The van der Waals surface area contributed by atoms with Gasteiger partial charge in [-0.15, -0.1) is 0 Å². The number of anilines is 1. The van der Waals surface area contributed by atoms with Gasteiger partial charge in [0.05, 0.1) is 18.6 Å². The Morgan fingerprint density at radius 3 is 2.80 bits per heavy atom. The Kier molecular flexibility index (Phi) is 5.70. The lowest BCUT2D eigenvalue weighted by molar-refractivity contribution is 0.298. The summed E-state index contributed by atoms with van der Waals surface area (Å²) in [4.78, 5) is 13.2. The highest BCUT2D eigenvalue weighted by Gasteiger charge is 2.29. The van der Waals surface area contributed by atoms with E-state index in [4.69, 9.17) is 9.72 Å². The van der Waals surface area contributed by atoms with Crippen LogP contribution in [0.15, 0.2) is 67.5 Å². The van der Waals surface area contributed by atoms with Crippen molar-refractivity contribution < 1.29 is 4.74 Å². The molecule has 3 aromatic rings. The Morgan fingerprint density at radius 1 is 1.23 bits per heavy atom. The second-order valence-corrected chi connectivity index (χ2v) is 8.30. The predicted molar refractivity (Wildman–Crippen MR) is 118 cm³/mol. The van der Waals surface area contributed by atoms with Crippen molar-refractivity contribution in [2.75, 3.05) is 11.9 Å². The van der Waals surface area contributed by atoms with E-state index >= 15 is 0 Å². The molecule has 156 valence electrons. The number of hydrogen-bond acceptors (Lipinski definition) is 6. The molecule has 1 atom stereocenters. The lowest BCUT2D eigenvalue weighted by Crippen LogP contribution is -2.48. The quantitative estimate of drug-likeness (QED) is 0.622. The van der Waals surface area contributed by atoms with Gasteiger partial charge in [0, 0.05) is 47.9 Å². The molecule has 7 heteroatoms. The van der Waals surface area contributed by atoms with Crippen LogP contribution in [0.2, 0.25) is 0 Å². The molecular weight excluding hydrogens is 376 g/mol. The second-order valence-electron chi connectivity index (χ2n) is 8.30. The highest BCUT2D eigenvalue weighted by Crippen LogP contribution is 2.26. The van der Waals surface area contributed by atoms with Gasteiger partial charge >= 0.3 is 0 Å². The van der Waals surface area contributed by atoms with Gasteiger partial charge in [-0.2, -0.15) is 0 Å². The number of nitrogens with one attached hydrogen (secondary N) is 2. The monoisotopic (exact) mass is 404 g/mol. The average Bonchev–Trinajstić information content (AvgIpc) is 3.21. The summed E-state index contributed by atoms with van der Waals surface area (Å²) < 4.78 is 7.80. The van der Waals surface area contributed by atoms with Gasteiger partial charge in [-0.05, 0) is 50.6 Å². The molecule has 0 amide bonds. The first-order chi connectivity index (χ1) is 14.5. The van der Waals surface area contributed by atoms with Crippen molar-refractivity contribution in [3.8, 4) is 17.0 Å². The number of piperidine rings is 1. The highest BCUT2D eigenvalue weighted by molar-refractivity contribution is 5.61. The van der Waals surface area contributed by atoms with Crippen molar-refractivity contribution in [1.29, 1.82) is 0 Å². The van der Waals surface area contributed by atoms with E-state index in [0.717, 1.165) is 42.1 Å². The summed E-state index contributed by atoms with van der Waals surface area (Å²) in [5, 5.41) is 6.92. The minimum absolute atomic E-state index is 0.0122. The van der Waals surface area contributed by atoms with Gasteiger partial charge in [-0.3, -0.25) is 0 Å². The van der Waals surface area contributed by atoms with Gasteiger partial charge < -0.3 is 19.9 Å². The molecule has 2 N–H and O–H groups in total. The summed E-state index contributed by atoms with van der Waals surface area (Å²) in [5.74, 6) is 1.48. The van der Waals surface area contributed by atoms with Gasteiger partial charge in [-0.1, -0.05) is 6.58 Å². The summed E-state index contributed by atoms with van der Waals surface area (Å²) in [7, 11) is 0. The SMILES string of the molecule is C=C1CC(Nc2nccc(-c3ccc(OCCn4ccnc4)cc3)n2)CC(C)(C)N1. The molecule has 2 aromatic heterocycles. The molecule has 1 fully saturated rings. The molecule has 1 unspecified atom stereocenters. The van der Waals surface area contributed by atoms with Crippen molar-refractivity contribution in [2.45, 2.75) is 44.8 Å². The van der Waals surface area contributed by atoms with E-state index in [1.54, 1.807) is 18.7 Å². The predicted octanol–water partition coefficient (Wildman–Crippen LogP) is 3.88. The number of benzene rings is 1. The van der Waals surface area contributed by atoms with Crippen molar-refractivity contribution >= 4 is 5.95 Å². The lowest BCUT2D eigenvalue weighted by atomic mass is 9.88. The molecular formula is C23H28N6O.